The molecule has 0 aromatic heterocycles. The van der Waals surface area contributed by atoms with E-state index in [1.807, 2.05) is 0 Å². The van der Waals surface area contributed by atoms with Crippen LogP contribution >= 0.6 is 0 Å². The van der Waals surface area contributed by atoms with Gasteiger partial charge in [-0.2, -0.15) is 0 Å². The van der Waals surface area contributed by atoms with Crippen LogP contribution in [0.5, 0.6) is 0 Å². The van der Waals surface area contributed by atoms with Crippen LogP contribution in [0.2, 0.25) is 0 Å². The Balaban J connectivity index is 1.56. The first kappa shape index (κ1) is 28.0. The van der Waals surface area contributed by atoms with Crippen LogP contribution < -0.4 is 9.80 Å². The first-order valence-electron chi connectivity index (χ1n) is 15.9. The molecule has 0 aliphatic heterocycles. The van der Waals surface area contributed by atoms with Crippen LogP contribution in [-0.2, 0) is 6.42 Å². The van der Waals surface area contributed by atoms with Crippen LogP contribution in [0, 0.1) is 26.7 Å². The summed E-state index contributed by atoms with van der Waals surface area (Å²) in [6.07, 6.45) is 14.9. The molecule has 0 heterocycles. The molecule has 218 valence electrons. The summed E-state index contributed by atoms with van der Waals surface area (Å²) in [7, 11) is 0. The topological polar surface area (TPSA) is 6.48 Å². The third-order valence-corrected chi connectivity index (χ3v) is 9.03. The molecular weight excluding hydrogens is 532 g/mol. The molecule has 0 radical (unpaired) electrons. The average Bonchev–Trinajstić information content (AvgIpc) is 3.05. The number of fused-ring (bicyclic) bond motifs is 2. The van der Waals surface area contributed by atoms with Crippen molar-refractivity contribution in [2.75, 3.05) is 9.80 Å². The maximum Gasteiger partial charge on any atom is 0.0616 e. The van der Waals surface area contributed by atoms with E-state index < -0.39 is 0 Å². The summed E-state index contributed by atoms with van der Waals surface area (Å²) in [6, 6.07) is 36.0. The minimum absolute atomic E-state index is 0.545. The highest BCUT2D eigenvalue weighted by Crippen LogP contribution is 2.51. The Hall–Kier alpha value is -4.82. The van der Waals surface area contributed by atoms with Gasteiger partial charge >= 0.3 is 0 Å². The molecule has 2 aliphatic carbocycles. The molecular formula is C42H40N2. The Kier molecular flexibility index (Phi) is 7.44. The first-order chi connectivity index (χ1) is 21.5. The number of allylic oxidation sites excluding steroid dienone is 4. The Morgan fingerprint density at radius 1 is 0.591 bits per heavy atom. The summed E-state index contributed by atoms with van der Waals surface area (Å²) < 4.78 is 0. The highest BCUT2D eigenvalue weighted by Gasteiger charge is 2.29. The van der Waals surface area contributed by atoms with E-state index in [1.165, 1.54) is 72.7 Å². The Morgan fingerprint density at radius 2 is 1.11 bits per heavy atom. The third-order valence-electron chi connectivity index (χ3n) is 9.03. The van der Waals surface area contributed by atoms with E-state index in [4.69, 9.17) is 0 Å². The fourth-order valence-corrected chi connectivity index (χ4v) is 6.61. The predicted molar refractivity (Wildman–Crippen MR) is 190 cm³/mol. The lowest BCUT2D eigenvalue weighted by molar-refractivity contribution is 0.728. The molecule has 1 atom stereocenters. The molecule has 0 saturated carbocycles. The fraction of sp³-hybridized carbons (Fsp3) is 0.190. The van der Waals surface area contributed by atoms with Gasteiger partial charge in [0.15, 0.2) is 0 Å². The molecule has 0 fully saturated rings. The standard InChI is InChI=1S/C42H40N2/c1-29-13-21-33(22-14-29)43(34-23-15-30(2)16-24-34)41-37-9-5-7-11-39(37)42(40-12-8-6-10-38(40)41)44(35-25-17-31(3)18-26-35)36-27-19-32(4)20-28-36/h5-7,9-11,13-15,17-28,30H,8,12,16H2,1-4H3. The van der Waals surface area contributed by atoms with Crippen LogP contribution in [0.1, 0.15) is 47.6 Å². The zero-order chi connectivity index (χ0) is 30.2. The van der Waals surface area contributed by atoms with Crippen molar-refractivity contribution in [3.8, 4) is 0 Å². The van der Waals surface area contributed by atoms with Gasteiger partial charge in [0.1, 0.15) is 0 Å². The van der Waals surface area contributed by atoms with Crippen LogP contribution in [0.4, 0.5) is 28.4 Å². The molecule has 2 nitrogen and oxygen atoms in total. The summed E-state index contributed by atoms with van der Waals surface area (Å²) in [6.45, 7) is 8.77. The van der Waals surface area contributed by atoms with Gasteiger partial charge in [0.05, 0.1) is 11.4 Å². The number of rotatable bonds is 6. The third kappa shape index (κ3) is 5.15. The number of hydrogen-bond donors (Lipinski definition) is 0. The van der Waals surface area contributed by atoms with Crippen LogP contribution in [0.3, 0.4) is 0 Å². The predicted octanol–water partition coefficient (Wildman–Crippen LogP) is 11.8. The zero-order valence-corrected chi connectivity index (χ0v) is 26.2. The summed E-state index contributed by atoms with van der Waals surface area (Å²) in [5.74, 6) is 0.545. The number of hydrogen-bond acceptors (Lipinski definition) is 2. The summed E-state index contributed by atoms with van der Waals surface area (Å²) in [4.78, 5) is 4.99. The molecule has 0 saturated heterocycles. The van der Waals surface area contributed by atoms with Gasteiger partial charge in [-0.15, -0.1) is 0 Å². The molecule has 2 heteroatoms. The Morgan fingerprint density at radius 3 is 1.64 bits per heavy atom. The molecule has 0 amide bonds. The van der Waals surface area contributed by atoms with Crippen molar-refractivity contribution in [1.29, 1.82) is 0 Å². The maximum absolute atomic E-state index is 2.50. The number of nitrogens with zero attached hydrogens (tertiary/aromatic N) is 2. The second kappa shape index (κ2) is 11.7. The molecule has 0 spiro atoms. The van der Waals surface area contributed by atoms with E-state index in [9.17, 15) is 0 Å². The van der Waals surface area contributed by atoms with Gasteiger partial charge < -0.3 is 9.80 Å². The largest absolute Gasteiger partial charge is 0.310 e. The van der Waals surface area contributed by atoms with Crippen molar-refractivity contribution in [3.05, 3.63) is 155 Å². The summed E-state index contributed by atoms with van der Waals surface area (Å²) >= 11 is 0. The van der Waals surface area contributed by atoms with Crippen LogP contribution in [0.25, 0.3) is 16.8 Å². The number of benzene rings is 5. The van der Waals surface area contributed by atoms with E-state index >= 15 is 0 Å². The molecule has 1 unspecified atom stereocenters. The summed E-state index contributed by atoms with van der Waals surface area (Å²) in [5.41, 5.74) is 13.8. The Bertz CT molecular complexity index is 1860. The SMILES string of the molecule is Cc1ccc(N(C2=CCC(C)C=C2)c2c3c(c(N(c4ccc(C)cc4)c4ccc(C)cc4)c4ccccc24)CCC=C3)cc1. The second-order valence-corrected chi connectivity index (χ2v) is 12.5. The average molecular weight is 573 g/mol. The second-order valence-electron chi connectivity index (χ2n) is 12.5. The van der Waals surface area contributed by atoms with E-state index in [2.05, 4.69) is 165 Å². The first-order valence-corrected chi connectivity index (χ1v) is 15.9. The molecule has 0 bridgehead atoms. The van der Waals surface area contributed by atoms with Crippen molar-refractivity contribution in [2.24, 2.45) is 5.92 Å². The molecule has 5 aromatic rings. The number of aryl methyl sites for hydroxylation is 3. The van der Waals surface area contributed by atoms with Gasteiger partial charge in [0.2, 0.25) is 0 Å². The monoisotopic (exact) mass is 572 g/mol. The highest BCUT2D eigenvalue weighted by atomic mass is 15.2. The van der Waals surface area contributed by atoms with Crippen molar-refractivity contribution in [2.45, 2.75) is 47.0 Å². The highest BCUT2D eigenvalue weighted by molar-refractivity contribution is 6.11. The van der Waals surface area contributed by atoms with Crippen molar-refractivity contribution in [3.63, 3.8) is 0 Å². The lowest BCUT2D eigenvalue weighted by Gasteiger charge is -2.36. The van der Waals surface area contributed by atoms with E-state index in [0.717, 1.165) is 19.3 Å². The van der Waals surface area contributed by atoms with Gasteiger partial charge in [-0.1, -0.05) is 109 Å². The van der Waals surface area contributed by atoms with Gasteiger partial charge in [-0.3, -0.25) is 0 Å². The van der Waals surface area contributed by atoms with Crippen LogP contribution in [0.15, 0.2) is 127 Å². The van der Waals surface area contributed by atoms with Gasteiger partial charge in [-0.25, -0.2) is 0 Å². The van der Waals surface area contributed by atoms with Gasteiger partial charge in [-0.05, 0) is 94.0 Å². The minimum Gasteiger partial charge on any atom is -0.310 e. The van der Waals surface area contributed by atoms with Crippen LogP contribution in [-0.4, -0.2) is 0 Å². The molecule has 44 heavy (non-hydrogen) atoms. The van der Waals surface area contributed by atoms with Gasteiger partial charge in [0.25, 0.3) is 0 Å². The van der Waals surface area contributed by atoms with Crippen molar-refractivity contribution in [1.82, 2.24) is 0 Å². The lowest BCUT2D eigenvalue weighted by atomic mass is 9.87. The van der Waals surface area contributed by atoms with Crippen molar-refractivity contribution >= 4 is 45.3 Å². The minimum atomic E-state index is 0.545. The van der Waals surface area contributed by atoms with E-state index in [1.54, 1.807) is 0 Å². The molecule has 0 N–H and O–H groups in total. The van der Waals surface area contributed by atoms with Crippen molar-refractivity contribution < 1.29 is 0 Å². The molecule has 5 aromatic carbocycles. The smallest absolute Gasteiger partial charge is 0.0616 e. The zero-order valence-electron chi connectivity index (χ0n) is 26.2. The Labute approximate surface area is 262 Å². The maximum atomic E-state index is 2.50. The van der Waals surface area contributed by atoms with E-state index in [0.29, 0.717) is 5.92 Å². The van der Waals surface area contributed by atoms with E-state index in [-0.39, 0.29) is 0 Å². The molecule has 2 aliphatic rings. The number of anilines is 5. The van der Waals surface area contributed by atoms with Gasteiger partial charge in [0, 0.05) is 39.1 Å². The fourth-order valence-electron chi connectivity index (χ4n) is 6.61. The molecule has 7 rings (SSSR count). The normalized spacial score (nSPS) is 15.6. The summed E-state index contributed by atoms with van der Waals surface area (Å²) in [5, 5.41) is 2.52. The lowest BCUT2D eigenvalue weighted by Crippen LogP contribution is -2.21. The quantitative estimate of drug-likeness (QED) is 0.187.